The van der Waals surface area contributed by atoms with E-state index in [-0.39, 0.29) is 6.09 Å². The number of carbonyl (C=O) groups is 1. The Hall–Kier alpha value is -0.810. The van der Waals surface area contributed by atoms with Crippen molar-refractivity contribution < 1.29 is 19.0 Å². The minimum Gasteiger partial charge on any atom is -0.444 e. The molecule has 0 unspecified atom stereocenters. The van der Waals surface area contributed by atoms with Gasteiger partial charge in [0.1, 0.15) is 5.60 Å². The molecule has 0 atom stereocenters. The molecule has 0 rings (SSSR count). The molecule has 21 heavy (non-hydrogen) atoms. The number of unbranched alkanes of at least 4 members (excludes halogenated alkanes) is 3. The molecular formula is C16H33NO4. The van der Waals surface area contributed by atoms with E-state index >= 15 is 0 Å². The van der Waals surface area contributed by atoms with Gasteiger partial charge in [-0.1, -0.05) is 26.2 Å². The van der Waals surface area contributed by atoms with E-state index < -0.39 is 5.60 Å². The first-order valence-corrected chi connectivity index (χ1v) is 7.96. The van der Waals surface area contributed by atoms with Gasteiger partial charge >= 0.3 is 6.09 Å². The van der Waals surface area contributed by atoms with E-state index in [2.05, 4.69) is 6.92 Å². The topological polar surface area (TPSA) is 48.0 Å². The van der Waals surface area contributed by atoms with Crippen molar-refractivity contribution in [2.45, 2.75) is 59.0 Å². The minimum atomic E-state index is -0.460. The zero-order chi connectivity index (χ0) is 16.1. The molecule has 0 fully saturated rings. The van der Waals surface area contributed by atoms with Crippen molar-refractivity contribution in [2.24, 2.45) is 0 Å². The van der Waals surface area contributed by atoms with Crippen molar-refractivity contribution in [1.29, 1.82) is 0 Å². The molecule has 0 spiro atoms. The Balaban J connectivity index is 3.40. The molecule has 0 aromatic heterocycles. The van der Waals surface area contributed by atoms with Gasteiger partial charge in [-0.25, -0.2) is 4.79 Å². The van der Waals surface area contributed by atoms with Crippen molar-refractivity contribution in [3.63, 3.8) is 0 Å². The summed E-state index contributed by atoms with van der Waals surface area (Å²) in [4.78, 5) is 13.2. The summed E-state index contributed by atoms with van der Waals surface area (Å²) in [5.74, 6) is 0. The highest BCUT2D eigenvalue weighted by Gasteiger charge is 2.19. The number of likely N-dealkylation sites (N-methyl/N-ethyl adjacent to an activating group) is 1. The molecule has 0 aliphatic carbocycles. The van der Waals surface area contributed by atoms with Crippen LogP contribution in [0.15, 0.2) is 0 Å². The number of hydrogen-bond acceptors (Lipinski definition) is 4. The van der Waals surface area contributed by atoms with Crippen LogP contribution in [0.1, 0.15) is 53.4 Å². The quantitative estimate of drug-likeness (QED) is 0.548. The molecule has 1 amide bonds. The Morgan fingerprint density at radius 1 is 0.952 bits per heavy atom. The van der Waals surface area contributed by atoms with Gasteiger partial charge in [0.25, 0.3) is 0 Å². The van der Waals surface area contributed by atoms with Gasteiger partial charge in [0, 0.05) is 20.2 Å². The molecule has 0 aliphatic rings. The van der Waals surface area contributed by atoms with Crippen molar-refractivity contribution in [3.8, 4) is 0 Å². The maximum atomic E-state index is 11.7. The van der Waals surface area contributed by atoms with E-state index in [0.717, 1.165) is 13.0 Å². The smallest absolute Gasteiger partial charge is 0.410 e. The van der Waals surface area contributed by atoms with Crippen LogP contribution in [0.4, 0.5) is 4.79 Å². The number of rotatable bonds is 11. The Bertz CT molecular complexity index is 263. The van der Waals surface area contributed by atoms with Gasteiger partial charge in [-0.3, -0.25) is 0 Å². The van der Waals surface area contributed by atoms with Crippen LogP contribution in [0.2, 0.25) is 0 Å². The van der Waals surface area contributed by atoms with Crippen LogP contribution in [0.25, 0.3) is 0 Å². The number of hydrogen-bond donors (Lipinski definition) is 0. The standard InChI is InChI=1S/C16H33NO4/c1-6-7-8-9-11-19-13-14-20-12-10-17(5)15(18)21-16(2,3)4/h6-14H2,1-5H3. The van der Waals surface area contributed by atoms with E-state index in [1.807, 2.05) is 20.8 Å². The molecule has 0 saturated carbocycles. The van der Waals surface area contributed by atoms with E-state index in [0.29, 0.717) is 26.4 Å². The predicted octanol–water partition coefficient (Wildman–Crippen LogP) is 3.47. The first kappa shape index (κ1) is 20.2. The normalized spacial score (nSPS) is 11.5. The van der Waals surface area contributed by atoms with E-state index in [1.165, 1.54) is 24.2 Å². The molecule has 0 radical (unpaired) electrons. The number of ether oxygens (including phenoxy) is 3. The van der Waals surface area contributed by atoms with Crippen LogP contribution in [-0.4, -0.2) is 56.6 Å². The van der Waals surface area contributed by atoms with Crippen LogP contribution in [0.3, 0.4) is 0 Å². The fourth-order valence-corrected chi connectivity index (χ4v) is 1.59. The molecule has 126 valence electrons. The second-order valence-electron chi connectivity index (χ2n) is 6.19. The van der Waals surface area contributed by atoms with Gasteiger partial charge in [-0.2, -0.15) is 0 Å². The molecule has 0 bridgehead atoms. The molecule has 0 N–H and O–H groups in total. The average molecular weight is 303 g/mol. The highest BCUT2D eigenvalue weighted by molar-refractivity contribution is 5.67. The van der Waals surface area contributed by atoms with Crippen molar-refractivity contribution in [3.05, 3.63) is 0 Å². The Labute approximate surface area is 129 Å². The molecule has 5 nitrogen and oxygen atoms in total. The van der Waals surface area contributed by atoms with E-state index in [1.54, 1.807) is 7.05 Å². The number of nitrogens with zero attached hydrogens (tertiary/aromatic N) is 1. The third kappa shape index (κ3) is 13.9. The maximum absolute atomic E-state index is 11.7. The fourth-order valence-electron chi connectivity index (χ4n) is 1.59. The molecule has 0 aliphatic heterocycles. The number of carbonyl (C=O) groups excluding carboxylic acids is 1. The summed E-state index contributed by atoms with van der Waals surface area (Å²) in [6.45, 7) is 10.8. The summed E-state index contributed by atoms with van der Waals surface area (Å²) >= 11 is 0. The Morgan fingerprint density at radius 2 is 1.57 bits per heavy atom. The average Bonchev–Trinajstić information content (AvgIpc) is 2.38. The lowest BCUT2D eigenvalue weighted by Gasteiger charge is -2.24. The van der Waals surface area contributed by atoms with Crippen LogP contribution in [0.5, 0.6) is 0 Å². The van der Waals surface area contributed by atoms with Crippen LogP contribution in [0, 0.1) is 0 Å². The fraction of sp³-hybridized carbons (Fsp3) is 0.938. The van der Waals surface area contributed by atoms with Crippen molar-refractivity contribution in [2.75, 3.05) is 40.0 Å². The van der Waals surface area contributed by atoms with Gasteiger partial charge in [0.2, 0.25) is 0 Å². The molecule has 0 heterocycles. The number of amides is 1. The van der Waals surface area contributed by atoms with Gasteiger partial charge < -0.3 is 19.1 Å². The molecular weight excluding hydrogens is 270 g/mol. The Kier molecular flexibility index (Phi) is 11.4. The van der Waals surface area contributed by atoms with E-state index in [4.69, 9.17) is 14.2 Å². The molecule has 5 heteroatoms. The second kappa shape index (κ2) is 11.8. The summed E-state index contributed by atoms with van der Waals surface area (Å²) < 4.78 is 16.2. The molecule has 0 saturated heterocycles. The summed E-state index contributed by atoms with van der Waals surface area (Å²) in [5, 5.41) is 0. The second-order valence-corrected chi connectivity index (χ2v) is 6.19. The van der Waals surface area contributed by atoms with Gasteiger partial charge in [-0.15, -0.1) is 0 Å². The van der Waals surface area contributed by atoms with Crippen LogP contribution >= 0.6 is 0 Å². The minimum absolute atomic E-state index is 0.321. The first-order chi connectivity index (χ1) is 9.87. The third-order valence-corrected chi connectivity index (χ3v) is 2.79. The summed E-state index contributed by atoms with van der Waals surface area (Å²) in [5.41, 5.74) is -0.460. The zero-order valence-electron chi connectivity index (χ0n) is 14.4. The SMILES string of the molecule is CCCCCCOCCOCCN(C)C(=O)OC(C)(C)C. The summed E-state index contributed by atoms with van der Waals surface area (Å²) in [7, 11) is 1.71. The largest absolute Gasteiger partial charge is 0.444 e. The monoisotopic (exact) mass is 303 g/mol. The van der Waals surface area contributed by atoms with Crippen LogP contribution < -0.4 is 0 Å². The molecule has 0 aromatic rings. The molecule has 0 aromatic carbocycles. The zero-order valence-corrected chi connectivity index (χ0v) is 14.4. The van der Waals surface area contributed by atoms with Gasteiger partial charge in [0.15, 0.2) is 0 Å². The lowest BCUT2D eigenvalue weighted by atomic mass is 10.2. The lowest BCUT2D eigenvalue weighted by molar-refractivity contribution is 0.0157. The maximum Gasteiger partial charge on any atom is 0.410 e. The van der Waals surface area contributed by atoms with Crippen molar-refractivity contribution >= 4 is 6.09 Å². The predicted molar refractivity (Wildman–Crippen MR) is 84.6 cm³/mol. The summed E-state index contributed by atoms with van der Waals surface area (Å²) in [6.07, 6.45) is 4.55. The summed E-state index contributed by atoms with van der Waals surface area (Å²) in [6, 6.07) is 0. The van der Waals surface area contributed by atoms with Crippen LogP contribution in [-0.2, 0) is 14.2 Å². The van der Waals surface area contributed by atoms with E-state index in [9.17, 15) is 4.79 Å². The third-order valence-electron chi connectivity index (χ3n) is 2.79. The van der Waals surface area contributed by atoms with Gasteiger partial charge in [-0.05, 0) is 27.2 Å². The van der Waals surface area contributed by atoms with Gasteiger partial charge in [0.05, 0.1) is 19.8 Å². The highest BCUT2D eigenvalue weighted by atomic mass is 16.6. The van der Waals surface area contributed by atoms with Crippen molar-refractivity contribution in [1.82, 2.24) is 4.90 Å². The Morgan fingerprint density at radius 3 is 2.14 bits per heavy atom. The highest BCUT2D eigenvalue weighted by Crippen LogP contribution is 2.08. The first-order valence-electron chi connectivity index (χ1n) is 7.96. The lowest BCUT2D eigenvalue weighted by Crippen LogP contribution is -2.36.